The van der Waals surface area contributed by atoms with Crippen LogP contribution >= 0.6 is 11.6 Å². The van der Waals surface area contributed by atoms with Crippen LogP contribution in [0, 0.1) is 23.2 Å². The minimum Gasteiger partial charge on any atom is -0.298 e. The average molecular weight is 291 g/mol. The van der Waals surface area contributed by atoms with Gasteiger partial charge in [0.05, 0.1) is 12.0 Å². The SMILES string of the molecule is CCC1CCC(C#N)C(N(C)Cc2ccc(Cl)cc2)C1. The molecule has 20 heavy (non-hydrogen) atoms. The van der Waals surface area contributed by atoms with E-state index >= 15 is 0 Å². The topological polar surface area (TPSA) is 27.0 Å². The van der Waals surface area contributed by atoms with Crippen LogP contribution in [-0.4, -0.2) is 18.0 Å². The van der Waals surface area contributed by atoms with Crippen molar-refractivity contribution in [3.63, 3.8) is 0 Å². The molecule has 0 bridgehead atoms. The molecule has 0 radical (unpaired) electrons. The lowest BCUT2D eigenvalue weighted by Gasteiger charge is -2.38. The second kappa shape index (κ2) is 7.11. The number of hydrogen-bond donors (Lipinski definition) is 0. The van der Waals surface area contributed by atoms with Gasteiger partial charge in [-0.1, -0.05) is 37.1 Å². The average Bonchev–Trinajstić information content (AvgIpc) is 2.48. The molecule has 3 unspecified atom stereocenters. The predicted molar refractivity (Wildman–Crippen MR) is 83.4 cm³/mol. The first-order valence-corrected chi connectivity index (χ1v) is 7.86. The molecule has 0 saturated heterocycles. The van der Waals surface area contributed by atoms with Gasteiger partial charge in [0.2, 0.25) is 0 Å². The molecule has 1 fully saturated rings. The van der Waals surface area contributed by atoms with Crippen LogP contribution in [0.25, 0.3) is 0 Å². The van der Waals surface area contributed by atoms with Gasteiger partial charge in [-0.05, 0) is 49.9 Å². The van der Waals surface area contributed by atoms with E-state index in [-0.39, 0.29) is 5.92 Å². The van der Waals surface area contributed by atoms with Crippen molar-refractivity contribution in [2.75, 3.05) is 7.05 Å². The molecule has 0 amide bonds. The van der Waals surface area contributed by atoms with Gasteiger partial charge in [0, 0.05) is 17.6 Å². The molecular weight excluding hydrogens is 268 g/mol. The van der Waals surface area contributed by atoms with Gasteiger partial charge in [-0.15, -0.1) is 0 Å². The summed E-state index contributed by atoms with van der Waals surface area (Å²) in [6.45, 7) is 3.14. The van der Waals surface area contributed by atoms with Crippen molar-refractivity contribution < 1.29 is 0 Å². The quantitative estimate of drug-likeness (QED) is 0.817. The molecular formula is C17H23ClN2. The Kier molecular flexibility index (Phi) is 5.46. The van der Waals surface area contributed by atoms with E-state index in [1.807, 2.05) is 12.1 Å². The Labute approximate surface area is 127 Å². The first-order chi connectivity index (χ1) is 9.63. The van der Waals surface area contributed by atoms with E-state index in [0.29, 0.717) is 6.04 Å². The predicted octanol–water partition coefficient (Wildman–Crippen LogP) is 4.49. The van der Waals surface area contributed by atoms with Gasteiger partial charge in [0.15, 0.2) is 0 Å². The molecule has 3 atom stereocenters. The molecule has 1 aromatic rings. The fourth-order valence-corrected chi connectivity index (χ4v) is 3.36. The zero-order chi connectivity index (χ0) is 14.5. The van der Waals surface area contributed by atoms with Crippen molar-refractivity contribution in [3.05, 3.63) is 34.9 Å². The highest BCUT2D eigenvalue weighted by molar-refractivity contribution is 6.30. The van der Waals surface area contributed by atoms with Crippen LogP contribution in [0.5, 0.6) is 0 Å². The molecule has 0 N–H and O–H groups in total. The highest BCUT2D eigenvalue weighted by Crippen LogP contribution is 2.33. The van der Waals surface area contributed by atoms with E-state index < -0.39 is 0 Å². The summed E-state index contributed by atoms with van der Waals surface area (Å²) >= 11 is 5.92. The van der Waals surface area contributed by atoms with Crippen LogP contribution in [0.15, 0.2) is 24.3 Å². The maximum Gasteiger partial charge on any atom is 0.0672 e. The second-order valence-corrected chi connectivity index (χ2v) is 6.37. The van der Waals surface area contributed by atoms with Gasteiger partial charge >= 0.3 is 0 Å². The second-order valence-electron chi connectivity index (χ2n) is 5.93. The summed E-state index contributed by atoms with van der Waals surface area (Å²) in [5.74, 6) is 0.951. The zero-order valence-corrected chi connectivity index (χ0v) is 13.1. The molecule has 1 saturated carbocycles. The van der Waals surface area contributed by atoms with E-state index in [4.69, 9.17) is 11.6 Å². The van der Waals surface area contributed by atoms with Gasteiger partial charge in [0.25, 0.3) is 0 Å². The lowest BCUT2D eigenvalue weighted by atomic mass is 9.77. The Balaban J connectivity index is 2.03. The fourth-order valence-electron chi connectivity index (χ4n) is 3.23. The van der Waals surface area contributed by atoms with Crippen molar-refractivity contribution in [2.45, 2.75) is 45.2 Å². The first kappa shape index (κ1) is 15.4. The van der Waals surface area contributed by atoms with Gasteiger partial charge < -0.3 is 0 Å². The van der Waals surface area contributed by atoms with Gasteiger partial charge in [-0.25, -0.2) is 0 Å². The summed E-state index contributed by atoms with van der Waals surface area (Å²) < 4.78 is 0. The largest absolute Gasteiger partial charge is 0.298 e. The number of nitrogens with zero attached hydrogens (tertiary/aromatic N) is 2. The Morgan fingerprint density at radius 3 is 2.60 bits per heavy atom. The molecule has 1 aromatic carbocycles. The lowest BCUT2D eigenvalue weighted by Crippen LogP contribution is -2.41. The number of halogens is 1. The summed E-state index contributed by atoms with van der Waals surface area (Å²) in [4.78, 5) is 2.35. The summed E-state index contributed by atoms with van der Waals surface area (Å²) in [7, 11) is 2.14. The highest BCUT2D eigenvalue weighted by Gasteiger charge is 2.32. The molecule has 1 aliphatic carbocycles. The summed E-state index contributed by atoms with van der Waals surface area (Å²) in [6, 6.07) is 10.9. The van der Waals surface area contributed by atoms with Crippen LogP contribution in [0.3, 0.4) is 0 Å². The molecule has 3 heteroatoms. The summed E-state index contributed by atoms with van der Waals surface area (Å²) in [6.07, 6.45) is 4.63. The number of rotatable bonds is 4. The number of benzene rings is 1. The number of nitriles is 1. The normalized spacial score (nSPS) is 26.4. The summed E-state index contributed by atoms with van der Waals surface area (Å²) in [5.41, 5.74) is 1.26. The minimum absolute atomic E-state index is 0.176. The van der Waals surface area contributed by atoms with E-state index in [0.717, 1.165) is 30.3 Å². The molecule has 0 spiro atoms. The van der Waals surface area contributed by atoms with Crippen LogP contribution in [0.1, 0.15) is 38.2 Å². The first-order valence-electron chi connectivity index (χ1n) is 7.48. The third-order valence-corrected chi connectivity index (χ3v) is 4.83. The van der Waals surface area contributed by atoms with Crippen LogP contribution in [-0.2, 0) is 6.54 Å². The third-order valence-electron chi connectivity index (χ3n) is 4.58. The summed E-state index contributed by atoms with van der Waals surface area (Å²) in [5, 5.41) is 10.2. The molecule has 2 rings (SSSR count). The monoisotopic (exact) mass is 290 g/mol. The van der Waals surface area contributed by atoms with Crippen molar-refractivity contribution in [1.82, 2.24) is 4.90 Å². The van der Waals surface area contributed by atoms with E-state index in [9.17, 15) is 5.26 Å². The molecule has 2 nitrogen and oxygen atoms in total. The highest BCUT2D eigenvalue weighted by atomic mass is 35.5. The van der Waals surface area contributed by atoms with Crippen molar-refractivity contribution in [2.24, 2.45) is 11.8 Å². The van der Waals surface area contributed by atoms with Crippen molar-refractivity contribution in [3.8, 4) is 6.07 Å². The lowest BCUT2D eigenvalue weighted by molar-refractivity contribution is 0.118. The van der Waals surface area contributed by atoms with E-state index in [2.05, 4.69) is 37.1 Å². The minimum atomic E-state index is 0.176. The fraction of sp³-hybridized carbons (Fsp3) is 0.588. The Hall–Kier alpha value is -1.04. The molecule has 0 aromatic heterocycles. The van der Waals surface area contributed by atoms with Crippen molar-refractivity contribution in [1.29, 1.82) is 5.26 Å². The van der Waals surface area contributed by atoms with Crippen LogP contribution in [0.2, 0.25) is 5.02 Å². The molecule has 0 aliphatic heterocycles. The maximum absolute atomic E-state index is 9.38. The van der Waals surface area contributed by atoms with E-state index in [1.54, 1.807) is 0 Å². The Morgan fingerprint density at radius 1 is 1.30 bits per heavy atom. The Morgan fingerprint density at radius 2 is 2.00 bits per heavy atom. The smallest absolute Gasteiger partial charge is 0.0672 e. The van der Waals surface area contributed by atoms with Gasteiger partial charge in [-0.3, -0.25) is 4.90 Å². The molecule has 0 heterocycles. The van der Waals surface area contributed by atoms with E-state index in [1.165, 1.54) is 18.4 Å². The van der Waals surface area contributed by atoms with Gasteiger partial charge in [-0.2, -0.15) is 5.26 Å². The molecule has 1 aliphatic rings. The molecule has 108 valence electrons. The standard InChI is InChI=1S/C17H23ClN2/c1-3-13-4-7-15(11-19)17(10-13)20(2)12-14-5-8-16(18)9-6-14/h5-6,8-9,13,15,17H,3-4,7,10,12H2,1-2H3. The van der Waals surface area contributed by atoms with Crippen LogP contribution < -0.4 is 0 Å². The number of hydrogen-bond acceptors (Lipinski definition) is 2. The van der Waals surface area contributed by atoms with Crippen LogP contribution in [0.4, 0.5) is 0 Å². The third kappa shape index (κ3) is 3.75. The maximum atomic E-state index is 9.38. The zero-order valence-electron chi connectivity index (χ0n) is 12.3. The Bertz CT molecular complexity index is 463. The van der Waals surface area contributed by atoms with Crippen molar-refractivity contribution >= 4 is 11.6 Å². The van der Waals surface area contributed by atoms with Gasteiger partial charge in [0.1, 0.15) is 0 Å².